The van der Waals surface area contributed by atoms with Crippen molar-refractivity contribution in [2.24, 2.45) is 5.73 Å². The van der Waals surface area contributed by atoms with E-state index in [1.807, 2.05) is 0 Å². The van der Waals surface area contributed by atoms with Gasteiger partial charge in [0.2, 0.25) is 5.95 Å². The van der Waals surface area contributed by atoms with E-state index in [1.54, 1.807) is 19.1 Å². The molecule has 3 N–H and O–H groups in total. The van der Waals surface area contributed by atoms with E-state index in [2.05, 4.69) is 14.7 Å². The van der Waals surface area contributed by atoms with Crippen LogP contribution in [0.2, 0.25) is 0 Å². The number of rotatable bonds is 4. The first-order valence-corrected chi connectivity index (χ1v) is 7.42. The standard InChI is InChI=1S/C10H12N4O2S2/c1-7-9(5-8(6-11)17-7)18(15,16)14-10-12-3-2-4-13-10/h2-5H,6,11H2,1H3,(H,12,13,14). The number of hydrogen-bond acceptors (Lipinski definition) is 6. The number of nitrogens with two attached hydrogens (primary N) is 1. The molecule has 0 saturated carbocycles. The number of thiophene rings is 1. The lowest BCUT2D eigenvalue weighted by molar-refractivity contribution is 0.600. The Balaban J connectivity index is 2.34. The van der Waals surface area contributed by atoms with Crippen molar-refractivity contribution >= 4 is 27.3 Å². The summed E-state index contributed by atoms with van der Waals surface area (Å²) < 4.78 is 26.6. The highest BCUT2D eigenvalue weighted by Crippen LogP contribution is 2.26. The summed E-state index contributed by atoms with van der Waals surface area (Å²) in [6, 6.07) is 3.19. The van der Waals surface area contributed by atoms with Crippen molar-refractivity contribution in [3.63, 3.8) is 0 Å². The van der Waals surface area contributed by atoms with Gasteiger partial charge in [0.25, 0.3) is 10.0 Å². The van der Waals surface area contributed by atoms with Crippen LogP contribution in [0.15, 0.2) is 29.4 Å². The van der Waals surface area contributed by atoms with E-state index in [4.69, 9.17) is 5.73 Å². The van der Waals surface area contributed by atoms with Gasteiger partial charge in [-0.3, -0.25) is 0 Å². The average Bonchev–Trinajstić information content (AvgIpc) is 2.72. The smallest absolute Gasteiger partial charge is 0.265 e. The van der Waals surface area contributed by atoms with Crippen LogP contribution in [-0.2, 0) is 16.6 Å². The van der Waals surface area contributed by atoms with Crippen molar-refractivity contribution in [1.82, 2.24) is 9.97 Å². The monoisotopic (exact) mass is 284 g/mol. The summed E-state index contributed by atoms with van der Waals surface area (Å²) in [4.78, 5) is 9.38. The summed E-state index contributed by atoms with van der Waals surface area (Å²) in [6.45, 7) is 2.06. The summed E-state index contributed by atoms with van der Waals surface area (Å²) in [5.41, 5.74) is 5.50. The van der Waals surface area contributed by atoms with Crippen molar-refractivity contribution in [2.75, 3.05) is 4.72 Å². The third-order valence-electron chi connectivity index (χ3n) is 2.21. The lowest BCUT2D eigenvalue weighted by atomic mass is 10.4. The van der Waals surface area contributed by atoms with E-state index in [9.17, 15) is 8.42 Å². The third kappa shape index (κ3) is 2.66. The van der Waals surface area contributed by atoms with E-state index in [-0.39, 0.29) is 10.8 Å². The molecule has 96 valence electrons. The molecule has 0 unspecified atom stereocenters. The fraction of sp³-hybridized carbons (Fsp3) is 0.200. The average molecular weight is 284 g/mol. The Hall–Kier alpha value is -1.51. The molecule has 0 spiro atoms. The van der Waals surface area contributed by atoms with E-state index < -0.39 is 10.0 Å². The first-order valence-electron chi connectivity index (χ1n) is 5.12. The predicted molar refractivity (Wildman–Crippen MR) is 69.8 cm³/mol. The van der Waals surface area contributed by atoms with Gasteiger partial charge >= 0.3 is 0 Å². The lowest BCUT2D eigenvalue weighted by Gasteiger charge is -2.04. The van der Waals surface area contributed by atoms with Crippen LogP contribution in [0.5, 0.6) is 0 Å². The summed E-state index contributed by atoms with van der Waals surface area (Å²) >= 11 is 1.37. The molecule has 2 heterocycles. The Morgan fingerprint density at radius 2 is 2.06 bits per heavy atom. The van der Waals surface area contributed by atoms with Gasteiger partial charge in [0.15, 0.2) is 0 Å². The van der Waals surface area contributed by atoms with Crippen molar-refractivity contribution in [3.8, 4) is 0 Å². The molecule has 0 aliphatic carbocycles. The number of nitrogens with one attached hydrogen (secondary N) is 1. The molecule has 0 bridgehead atoms. The van der Waals surface area contributed by atoms with E-state index in [0.717, 1.165) is 4.88 Å². The second kappa shape index (κ2) is 5.01. The molecule has 0 aliphatic rings. The van der Waals surface area contributed by atoms with Crippen molar-refractivity contribution in [2.45, 2.75) is 18.4 Å². The molecule has 0 aliphatic heterocycles. The second-order valence-electron chi connectivity index (χ2n) is 3.52. The zero-order valence-electron chi connectivity index (χ0n) is 9.62. The van der Waals surface area contributed by atoms with Crippen LogP contribution in [0.25, 0.3) is 0 Å². The van der Waals surface area contributed by atoms with Crippen LogP contribution < -0.4 is 10.5 Å². The molecular formula is C10H12N4O2S2. The van der Waals surface area contributed by atoms with Gasteiger partial charge in [-0.1, -0.05) is 0 Å². The summed E-state index contributed by atoms with van der Waals surface area (Å²) in [5.74, 6) is 0.0531. The molecule has 2 rings (SSSR count). The molecule has 8 heteroatoms. The van der Waals surface area contributed by atoms with Crippen molar-refractivity contribution < 1.29 is 8.42 Å². The zero-order valence-corrected chi connectivity index (χ0v) is 11.3. The lowest BCUT2D eigenvalue weighted by Crippen LogP contribution is -2.15. The highest BCUT2D eigenvalue weighted by Gasteiger charge is 2.20. The molecule has 2 aromatic rings. The van der Waals surface area contributed by atoms with Crippen LogP contribution in [0.3, 0.4) is 0 Å². The first-order chi connectivity index (χ1) is 8.53. The van der Waals surface area contributed by atoms with Gasteiger partial charge in [-0.05, 0) is 19.1 Å². The van der Waals surface area contributed by atoms with Gasteiger partial charge < -0.3 is 5.73 Å². The number of aryl methyl sites for hydroxylation is 1. The largest absolute Gasteiger partial charge is 0.326 e. The van der Waals surface area contributed by atoms with Gasteiger partial charge in [-0.2, -0.15) is 0 Å². The fourth-order valence-electron chi connectivity index (χ4n) is 1.42. The molecule has 0 atom stereocenters. The maximum Gasteiger partial charge on any atom is 0.265 e. The molecule has 0 fully saturated rings. The Bertz CT molecular complexity index is 637. The molecular weight excluding hydrogens is 272 g/mol. The Kier molecular flexibility index (Phi) is 3.60. The van der Waals surface area contributed by atoms with Crippen molar-refractivity contribution in [3.05, 3.63) is 34.3 Å². The van der Waals surface area contributed by atoms with Crippen LogP contribution in [0.4, 0.5) is 5.95 Å². The van der Waals surface area contributed by atoms with Crippen molar-refractivity contribution in [1.29, 1.82) is 0 Å². The molecule has 0 radical (unpaired) electrons. The molecule has 0 amide bonds. The maximum absolute atomic E-state index is 12.1. The van der Waals surface area contributed by atoms with E-state index in [1.165, 1.54) is 23.7 Å². The van der Waals surface area contributed by atoms with Crippen LogP contribution in [0, 0.1) is 6.92 Å². The SMILES string of the molecule is Cc1sc(CN)cc1S(=O)(=O)Nc1ncccn1. The number of anilines is 1. The number of sulfonamides is 1. The van der Waals surface area contributed by atoms with Gasteiger partial charge in [-0.15, -0.1) is 11.3 Å². The van der Waals surface area contributed by atoms with Gasteiger partial charge in [-0.25, -0.2) is 23.1 Å². The van der Waals surface area contributed by atoms with Gasteiger partial charge in [0.1, 0.15) is 4.90 Å². The molecule has 2 aromatic heterocycles. The minimum atomic E-state index is -3.65. The highest BCUT2D eigenvalue weighted by molar-refractivity contribution is 7.92. The van der Waals surface area contributed by atoms with E-state index >= 15 is 0 Å². The molecule has 18 heavy (non-hydrogen) atoms. The number of aromatic nitrogens is 2. The zero-order chi connectivity index (χ0) is 13.2. The minimum Gasteiger partial charge on any atom is -0.326 e. The summed E-state index contributed by atoms with van der Waals surface area (Å²) in [7, 11) is -3.65. The Morgan fingerprint density at radius 1 is 1.39 bits per heavy atom. The molecule has 0 aromatic carbocycles. The topological polar surface area (TPSA) is 98.0 Å². The molecule has 0 saturated heterocycles. The Morgan fingerprint density at radius 3 is 2.61 bits per heavy atom. The number of nitrogens with zero attached hydrogens (tertiary/aromatic N) is 2. The molecule has 6 nitrogen and oxygen atoms in total. The Labute approximate surface area is 109 Å². The van der Waals surface area contributed by atoms with Gasteiger partial charge in [0.05, 0.1) is 0 Å². The third-order valence-corrected chi connectivity index (χ3v) is 4.86. The van der Waals surface area contributed by atoms with Gasteiger partial charge in [0, 0.05) is 28.7 Å². The highest BCUT2D eigenvalue weighted by atomic mass is 32.2. The quantitative estimate of drug-likeness (QED) is 0.876. The fourth-order valence-corrected chi connectivity index (χ4v) is 3.89. The van der Waals surface area contributed by atoms with Crippen LogP contribution in [-0.4, -0.2) is 18.4 Å². The summed E-state index contributed by atoms with van der Waals surface area (Å²) in [5, 5.41) is 0. The minimum absolute atomic E-state index is 0.0531. The first kappa shape index (κ1) is 12.9. The van der Waals surface area contributed by atoms with Crippen LogP contribution >= 0.6 is 11.3 Å². The maximum atomic E-state index is 12.1. The second-order valence-corrected chi connectivity index (χ2v) is 6.51. The predicted octanol–water partition coefficient (Wildman–Crippen LogP) is 1.11. The normalized spacial score (nSPS) is 11.4. The van der Waals surface area contributed by atoms with E-state index in [0.29, 0.717) is 11.4 Å². The number of hydrogen-bond donors (Lipinski definition) is 2. The van der Waals surface area contributed by atoms with Crippen LogP contribution in [0.1, 0.15) is 9.75 Å². The summed E-state index contributed by atoms with van der Waals surface area (Å²) in [6.07, 6.45) is 2.94.